The lowest BCUT2D eigenvalue weighted by molar-refractivity contribution is 0.0712. The lowest BCUT2D eigenvalue weighted by Crippen LogP contribution is -2.59. The molecule has 1 atom stereocenters. The van der Waals surface area contributed by atoms with E-state index in [9.17, 15) is 0 Å². The fraction of sp³-hybridized carbons (Fsp3) is 1.00. The van der Waals surface area contributed by atoms with Gasteiger partial charge in [-0.05, 0) is 57.7 Å². The Balaban J connectivity index is 1.75. The zero-order chi connectivity index (χ0) is 12.4. The molecule has 104 valence electrons. The number of hydrogen-bond acceptors (Lipinski definition) is 2. The van der Waals surface area contributed by atoms with E-state index in [0.29, 0.717) is 5.54 Å². The number of likely N-dealkylation sites (N-methyl/N-ethyl adjacent to an activating group) is 1. The molecule has 0 amide bonds. The molecule has 1 N–H and O–H groups in total. The Hall–Kier alpha value is -0.0800. The first-order valence-electron chi connectivity index (χ1n) is 8.33. The molecule has 3 fully saturated rings. The number of rotatable bonds is 6. The third-order valence-electron chi connectivity index (χ3n) is 5.57. The summed E-state index contributed by atoms with van der Waals surface area (Å²) in [4.78, 5) is 2.87. The minimum Gasteiger partial charge on any atom is -0.312 e. The molecule has 2 nitrogen and oxygen atoms in total. The van der Waals surface area contributed by atoms with Crippen molar-refractivity contribution in [1.29, 1.82) is 0 Å². The van der Waals surface area contributed by atoms with E-state index in [1.165, 1.54) is 70.9 Å². The van der Waals surface area contributed by atoms with Crippen molar-refractivity contribution >= 4 is 0 Å². The van der Waals surface area contributed by atoms with E-state index in [2.05, 4.69) is 17.1 Å². The summed E-state index contributed by atoms with van der Waals surface area (Å²) in [6.45, 7) is 6.17. The van der Waals surface area contributed by atoms with E-state index in [0.717, 1.165) is 18.5 Å². The Morgan fingerprint density at radius 3 is 2.33 bits per heavy atom. The van der Waals surface area contributed by atoms with Crippen LogP contribution in [0, 0.1) is 5.92 Å². The van der Waals surface area contributed by atoms with Crippen LogP contribution in [-0.4, -0.2) is 36.1 Å². The van der Waals surface area contributed by atoms with Crippen molar-refractivity contribution < 1.29 is 0 Å². The van der Waals surface area contributed by atoms with Gasteiger partial charge in [0.25, 0.3) is 0 Å². The van der Waals surface area contributed by atoms with Crippen molar-refractivity contribution in [3.63, 3.8) is 0 Å². The van der Waals surface area contributed by atoms with Gasteiger partial charge in [0.1, 0.15) is 0 Å². The van der Waals surface area contributed by atoms with Gasteiger partial charge in [-0.25, -0.2) is 0 Å². The quantitative estimate of drug-likeness (QED) is 0.779. The smallest absolute Gasteiger partial charge is 0.0362 e. The molecule has 1 saturated heterocycles. The molecule has 3 rings (SSSR count). The van der Waals surface area contributed by atoms with Gasteiger partial charge in [0.15, 0.2) is 0 Å². The molecule has 0 aromatic carbocycles. The Labute approximate surface area is 113 Å². The van der Waals surface area contributed by atoms with Crippen LogP contribution in [0.4, 0.5) is 0 Å². The predicted octanol–water partition coefficient (Wildman–Crippen LogP) is 3.17. The second kappa shape index (κ2) is 5.50. The van der Waals surface area contributed by atoms with Crippen molar-refractivity contribution in [3.8, 4) is 0 Å². The molecule has 2 heteroatoms. The third kappa shape index (κ3) is 2.46. The molecule has 2 saturated carbocycles. The normalized spacial score (nSPS) is 29.8. The lowest BCUT2D eigenvalue weighted by Gasteiger charge is -2.46. The highest BCUT2D eigenvalue weighted by atomic mass is 15.2. The number of nitrogens with one attached hydrogen (secondary N) is 1. The van der Waals surface area contributed by atoms with Crippen LogP contribution in [-0.2, 0) is 0 Å². The van der Waals surface area contributed by atoms with Gasteiger partial charge < -0.3 is 5.32 Å². The Morgan fingerprint density at radius 1 is 1.11 bits per heavy atom. The van der Waals surface area contributed by atoms with Gasteiger partial charge in [-0.1, -0.05) is 32.6 Å². The van der Waals surface area contributed by atoms with Crippen LogP contribution in [0.2, 0.25) is 0 Å². The molecular formula is C16H30N2. The minimum atomic E-state index is 0.537. The van der Waals surface area contributed by atoms with E-state index >= 15 is 0 Å². The van der Waals surface area contributed by atoms with Gasteiger partial charge >= 0.3 is 0 Å². The molecule has 0 bridgehead atoms. The first kappa shape index (κ1) is 12.9. The number of hydrogen-bond donors (Lipinski definition) is 1. The summed E-state index contributed by atoms with van der Waals surface area (Å²) in [6.07, 6.45) is 13.1. The fourth-order valence-corrected chi connectivity index (χ4v) is 4.46. The van der Waals surface area contributed by atoms with Crippen molar-refractivity contribution in [2.75, 3.05) is 19.6 Å². The van der Waals surface area contributed by atoms with Crippen molar-refractivity contribution in [3.05, 3.63) is 0 Å². The average molecular weight is 250 g/mol. The first-order chi connectivity index (χ1) is 8.85. The highest BCUT2D eigenvalue weighted by Gasteiger charge is 2.47. The molecule has 2 aliphatic carbocycles. The lowest BCUT2D eigenvalue weighted by atomic mass is 9.83. The number of nitrogens with zero attached hydrogens (tertiary/aromatic N) is 1. The van der Waals surface area contributed by atoms with E-state index in [-0.39, 0.29) is 0 Å². The summed E-state index contributed by atoms with van der Waals surface area (Å²) >= 11 is 0. The zero-order valence-corrected chi connectivity index (χ0v) is 12.1. The number of likely N-dealkylation sites (tertiary alicyclic amines) is 1. The van der Waals surface area contributed by atoms with Crippen molar-refractivity contribution in [1.82, 2.24) is 10.2 Å². The molecule has 0 aromatic heterocycles. The molecule has 0 spiro atoms. The summed E-state index contributed by atoms with van der Waals surface area (Å²) in [7, 11) is 0. The van der Waals surface area contributed by atoms with E-state index in [4.69, 9.17) is 0 Å². The van der Waals surface area contributed by atoms with Gasteiger partial charge in [-0.2, -0.15) is 0 Å². The van der Waals surface area contributed by atoms with Crippen LogP contribution in [0.1, 0.15) is 64.7 Å². The summed E-state index contributed by atoms with van der Waals surface area (Å²) in [5, 5.41) is 3.87. The van der Waals surface area contributed by atoms with Gasteiger partial charge in [0.2, 0.25) is 0 Å². The second-order valence-corrected chi connectivity index (χ2v) is 6.79. The summed E-state index contributed by atoms with van der Waals surface area (Å²) < 4.78 is 0. The maximum absolute atomic E-state index is 3.87. The van der Waals surface area contributed by atoms with Crippen LogP contribution in [0.3, 0.4) is 0 Å². The molecule has 1 unspecified atom stereocenters. The molecule has 0 aromatic rings. The summed E-state index contributed by atoms with van der Waals surface area (Å²) in [5.74, 6) is 1.05. The van der Waals surface area contributed by atoms with Gasteiger partial charge in [0, 0.05) is 11.6 Å². The average Bonchev–Trinajstić information content (AvgIpc) is 2.88. The molecule has 3 aliphatic rings. The van der Waals surface area contributed by atoms with Gasteiger partial charge in [0.05, 0.1) is 0 Å². The van der Waals surface area contributed by atoms with Gasteiger partial charge in [-0.3, -0.25) is 4.90 Å². The molecular weight excluding hydrogens is 220 g/mol. The first-order valence-corrected chi connectivity index (χ1v) is 8.33. The third-order valence-corrected chi connectivity index (χ3v) is 5.57. The SMILES string of the molecule is CCNC(CC1CC1)C1(N2CCCC2)CCCC1. The van der Waals surface area contributed by atoms with Crippen LogP contribution in [0.25, 0.3) is 0 Å². The van der Waals surface area contributed by atoms with Crippen molar-refractivity contribution in [2.45, 2.75) is 76.3 Å². The second-order valence-electron chi connectivity index (χ2n) is 6.79. The molecule has 1 heterocycles. The molecule has 18 heavy (non-hydrogen) atoms. The topological polar surface area (TPSA) is 15.3 Å². The highest BCUT2D eigenvalue weighted by molar-refractivity contribution is 5.05. The summed E-state index contributed by atoms with van der Waals surface area (Å²) in [6, 6.07) is 0.774. The highest BCUT2D eigenvalue weighted by Crippen LogP contribution is 2.44. The standard InChI is InChI=1S/C16H30N2/c1-2-17-15(13-14-7-8-14)16(9-3-4-10-16)18-11-5-6-12-18/h14-15,17H,2-13H2,1H3. The van der Waals surface area contributed by atoms with Crippen LogP contribution < -0.4 is 5.32 Å². The maximum atomic E-state index is 3.87. The fourth-order valence-electron chi connectivity index (χ4n) is 4.46. The molecule has 0 radical (unpaired) electrons. The Kier molecular flexibility index (Phi) is 3.95. The van der Waals surface area contributed by atoms with Crippen LogP contribution >= 0.6 is 0 Å². The summed E-state index contributed by atoms with van der Waals surface area (Å²) in [5.41, 5.74) is 0.537. The minimum absolute atomic E-state index is 0.537. The Bertz CT molecular complexity index is 260. The van der Waals surface area contributed by atoms with Crippen LogP contribution in [0.15, 0.2) is 0 Å². The monoisotopic (exact) mass is 250 g/mol. The van der Waals surface area contributed by atoms with E-state index in [1.807, 2.05) is 0 Å². The van der Waals surface area contributed by atoms with E-state index < -0.39 is 0 Å². The largest absolute Gasteiger partial charge is 0.312 e. The van der Waals surface area contributed by atoms with Gasteiger partial charge in [-0.15, -0.1) is 0 Å². The van der Waals surface area contributed by atoms with E-state index in [1.54, 1.807) is 0 Å². The molecule has 1 aliphatic heterocycles. The Morgan fingerprint density at radius 2 is 1.78 bits per heavy atom. The maximum Gasteiger partial charge on any atom is 0.0362 e. The predicted molar refractivity (Wildman–Crippen MR) is 76.8 cm³/mol. The zero-order valence-electron chi connectivity index (χ0n) is 12.1. The van der Waals surface area contributed by atoms with Crippen LogP contribution in [0.5, 0.6) is 0 Å². The van der Waals surface area contributed by atoms with Crippen molar-refractivity contribution in [2.24, 2.45) is 5.92 Å².